The van der Waals surface area contributed by atoms with E-state index in [4.69, 9.17) is 0 Å². The van der Waals surface area contributed by atoms with Crippen LogP contribution in [-0.2, 0) is 9.59 Å². The molecule has 4 rings (SSSR count). The fraction of sp³-hybridized carbons (Fsp3) is 0.875. The maximum atomic E-state index is 12.3. The summed E-state index contributed by atoms with van der Waals surface area (Å²) in [7, 11) is 0. The van der Waals surface area contributed by atoms with E-state index >= 15 is 0 Å². The molecule has 4 aliphatic carbocycles. The van der Waals surface area contributed by atoms with Crippen molar-refractivity contribution >= 4 is 11.7 Å². The number of rotatable bonds is 4. The molecule has 106 valence electrons. The summed E-state index contributed by atoms with van der Waals surface area (Å²) in [5, 5.41) is 0. The van der Waals surface area contributed by atoms with Gasteiger partial charge in [0.1, 0.15) is 5.78 Å². The number of nitrogens with zero attached hydrogens (tertiary/aromatic N) is 1. The van der Waals surface area contributed by atoms with Crippen LogP contribution in [0.2, 0.25) is 0 Å². The molecule has 0 N–H and O–H groups in total. The van der Waals surface area contributed by atoms with Gasteiger partial charge in [0.05, 0.1) is 6.42 Å². The van der Waals surface area contributed by atoms with Crippen molar-refractivity contribution < 1.29 is 9.59 Å². The molecular formula is C16H25NO2. The SMILES string of the molecule is CCN(C(=O)CC(C)=O)C1C2CC3CC(C2)CC1C3. The van der Waals surface area contributed by atoms with Crippen LogP contribution in [0.25, 0.3) is 0 Å². The molecule has 4 saturated carbocycles. The lowest BCUT2D eigenvalue weighted by Gasteiger charge is -2.57. The third kappa shape index (κ3) is 2.32. The first-order valence-electron chi connectivity index (χ1n) is 7.87. The average Bonchev–Trinajstić information content (AvgIpc) is 2.31. The zero-order valence-corrected chi connectivity index (χ0v) is 12.1. The second-order valence-corrected chi connectivity index (χ2v) is 6.98. The number of amides is 1. The quantitative estimate of drug-likeness (QED) is 0.731. The van der Waals surface area contributed by atoms with Gasteiger partial charge in [-0.05, 0) is 69.6 Å². The lowest BCUT2D eigenvalue weighted by molar-refractivity contribution is -0.145. The van der Waals surface area contributed by atoms with Crippen LogP contribution in [0.5, 0.6) is 0 Å². The Morgan fingerprint density at radius 3 is 1.95 bits per heavy atom. The summed E-state index contributed by atoms with van der Waals surface area (Å²) in [6, 6.07) is 0.435. The molecule has 0 heterocycles. The summed E-state index contributed by atoms with van der Waals surface area (Å²) in [4.78, 5) is 25.6. The molecule has 1 amide bonds. The molecule has 0 aliphatic heterocycles. The minimum Gasteiger partial charge on any atom is -0.339 e. The summed E-state index contributed by atoms with van der Waals surface area (Å²) in [6.07, 6.45) is 6.82. The minimum atomic E-state index is -0.00716. The van der Waals surface area contributed by atoms with Crippen LogP contribution in [0.1, 0.15) is 52.4 Å². The van der Waals surface area contributed by atoms with Crippen LogP contribution in [0.4, 0.5) is 0 Å². The van der Waals surface area contributed by atoms with E-state index < -0.39 is 0 Å². The van der Waals surface area contributed by atoms with Gasteiger partial charge in [-0.2, -0.15) is 0 Å². The number of carbonyl (C=O) groups excluding carboxylic acids is 2. The third-order valence-corrected chi connectivity index (χ3v) is 5.60. The molecule has 4 fully saturated rings. The molecule has 0 unspecified atom stereocenters. The summed E-state index contributed by atoms with van der Waals surface area (Å²) in [5.41, 5.74) is 0. The molecule has 0 spiro atoms. The van der Waals surface area contributed by atoms with Crippen molar-refractivity contribution in [2.45, 2.75) is 58.4 Å². The Balaban J connectivity index is 1.76. The molecule has 4 bridgehead atoms. The van der Waals surface area contributed by atoms with Crippen molar-refractivity contribution in [1.29, 1.82) is 0 Å². The zero-order valence-electron chi connectivity index (χ0n) is 12.1. The second kappa shape index (κ2) is 4.92. The lowest BCUT2D eigenvalue weighted by Crippen LogP contribution is -2.57. The highest BCUT2D eigenvalue weighted by molar-refractivity contribution is 5.96. The second-order valence-electron chi connectivity index (χ2n) is 6.98. The van der Waals surface area contributed by atoms with Crippen LogP contribution in [-0.4, -0.2) is 29.2 Å². The van der Waals surface area contributed by atoms with E-state index in [9.17, 15) is 9.59 Å². The molecular weight excluding hydrogens is 238 g/mol. The fourth-order valence-electron chi connectivity index (χ4n) is 5.27. The number of hydrogen-bond donors (Lipinski definition) is 0. The molecule has 0 aromatic rings. The Bertz CT molecular complexity index is 362. The predicted octanol–water partition coefficient (Wildman–Crippen LogP) is 2.64. The highest BCUT2D eigenvalue weighted by Crippen LogP contribution is 2.55. The Hall–Kier alpha value is -0.860. The van der Waals surface area contributed by atoms with E-state index in [1.54, 1.807) is 0 Å². The first-order chi connectivity index (χ1) is 9.08. The van der Waals surface area contributed by atoms with E-state index in [0.717, 1.165) is 18.4 Å². The zero-order chi connectivity index (χ0) is 13.6. The Morgan fingerprint density at radius 1 is 1.00 bits per heavy atom. The van der Waals surface area contributed by atoms with Crippen molar-refractivity contribution in [3.63, 3.8) is 0 Å². The predicted molar refractivity (Wildman–Crippen MR) is 73.5 cm³/mol. The number of carbonyl (C=O) groups is 2. The van der Waals surface area contributed by atoms with Gasteiger partial charge >= 0.3 is 0 Å². The Kier molecular flexibility index (Phi) is 3.40. The Morgan fingerprint density at radius 2 is 1.53 bits per heavy atom. The maximum Gasteiger partial charge on any atom is 0.230 e. The monoisotopic (exact) mass is 263 g/mol. The van der Waals surface area contributed by atoms with Gasteiger partial charge in [-0.1, -0.05) is 0 Å². The van der Waals surface area contributed by atoms with Crippen LogP contribution >= 0.6 is 0 Å². The molecule has 3 nitrogen and oxygen atoms in total. The van der Waals surface area contributed by atoms with Crippen LogP contribution in [0.15, 0.2) is 0 Å². The summed E-state index contributed by atoms with van der Waals surface area (Å²) < 4.78 is 0. The smallest absolute Gasteiger partial charge is 0.230 e. The van der Waals surface area contributed by atoms with Gasteiger partial charge < -0.3 is 4.90 Å². The van der Waals surface area contributed by atoms with Gasteiger partial charge in [-0.15, -0.1) is 0 Å². The normalized spacial score (nSPS) is 39.4. The van der Waals surface area contributed by atoms with Crippen molar-refractivity contribution in [2.24, 2.45) is 23.7 Å². The largest absolute Gasteiger partial charge is 0.339 e. The van der Waals surface area contributed by atoms with Crippen molar-refractivity contribution in [2.75, 3.05) is 6.54 Å². The van der Waals surface area contributed by atoms with Gasteiger partial charge in [0.2, 0.25) is 5.91 Å². The van der Waals surface area contributed by atoms with Gasteiger partial charge in [0, 0.05) is 12.6 Å². The van der Waals surface area contributed by atoms with Crippen molar-refractivity contribution in [3.8, 4) is 0 Å². The highest BCUT2D eigenvalue weighted by atomic mass is 16.2. The van der Waals surface area contributed by atoms with Crippen LogP contribution in [0.3, 0.4) is 0 Å². The van der Waals surface area contributed by atoms with E-state index in [1.807, 2.05) is 4.90 Å². The van der Waals surface area contributed by atoms with Gasteiger partial charge in [0.15, 0.2) is 0 Å². The number of ketones is 1. The molecule has 0 radical (unpaired) electrons. The topological polar surface area (TPSA) is 37.4 Å². The van der Waals surface area contributed by atoms with Crippen LogP contribution < -0.4 is 0 Å². The fourth-order valence-corrected chi connectivity index (χ4v) is 5.27. The third-order valence-electron chi connectivity index (χ3n) is 5.60. The van der Waals surface area contributed by atoms with Gasteiger partial charge in [0.25, 0.3) is 0 Å². The average molecular weight is 263 g/mol. The summed E-state index contributed by atoms with van der Waals surface area (Å²) >= 11 is 0. The van der Waals surface area contributed by atoms with E-state index in [2.05, 4.69) is 6.92 Å². The minimum absolute atomic E-state index is 0.00716. The molecule has 0 saturated heterocycles. The number of hydrogen-bond acceptors (Lipinski definition) is 2. The Labute approximate surface area is 115 Å². The maximum absolute atomic E-state index is 12.3. The molecule has 4 aliphatic rings. The standard InChI is InChI=1S/C16H25NO2/c1-3-17(15(19)4-10(2)18)16-13-6-11-5-12(8-13)9-14(16)7-11/h11-14,16H,3-9H2,1-2H3. The van der Waals surface area contributed by atoms with Gasteiger partial charge in [-0.3, -0.25) is 9.59 Å². The summed E-state index contributed by atoms with van der Waals surface area (Å²) in [6.45, 7) is 4.34. The van der Waals surface area contributed by atoms with E-state index in [1.165, 1.54) is 39.0 Å². The molecule has 0 aromatic heterocycles. The van der Waals surface area contributed by atoms with Crippen molar-refractivity contribution in [1.82, 2.24) is 4.90 Å². The summed E-state index contributed by atoms with van der Waals surface area (Å²) in [5.74, 6) is 3.35. The van der Waals surface area contributed by atoms with Crippen molar-refractivity contribution in [3.05, 3.63) is 0 Å². The van der Waals surface area contributed by atoms with Gasteiger partial charge in [-0.25, -0.2) is 0 Å². The van der Waals surface area contributed by atoms with E-state index in [-0.39, 0.29) is 18.1 Å². The number of Topliss-reactive ketones (excluding diaryl/α,β-unsaturated/α-hetero) is 1. The molecule has 0 atom stereocenters. The molecule has 3 heteroatoms. The first kappa shape index (κ1) is 13.1. The van der Waals surface area contributed by atoms with E-state index in [0.29, 0.717) is 17.9 Å². The molecule has 19 heavy (non-hydrogen) atoms. The lowest BCUT2D eigenvalue weighted by atomic mass is 9.54. The highest BCUT2D eigenvalue weighted by Gasteiger charge is 2.50. The molecule has 0 aromatic carbocycles. The first-order valence-corrected chi connectivity index (χ1v) is 7.87. The van der Waals surface area contributed by atoms with Crippen LogP contribution in [0, 0.1) is 23.7 Å².